The Kier molecular flexibility index (Phi) is 4.15. The first kappa shape index (κ1) is 22.0. The molecule has 0 radical (unpaired) electrons. The zero-order valence-electron chi connectivity index (χ0n) is 22.5. The van der Waals surface area contributed by atoms with Gasteiger partial charge in [0.15, 0.2) is 5.82 Å². The molecule has 194 valence electrons. The molecular formula is C38H22N4. The lowest BCUT2D eigenvalue weighted by atomic mass is 10.0. The first-order chi connectivity index (χ1) is 20.8. The van der Waals surface area contributed by atoms with E-state index in [1.165, 1.54) is 54.1 Å². The van der Waals surface area contributed by atoms with Crippen molar-refractivity contribution in [1.82, 2.24) is 19.1 Å². The molecule has 0 N–H and O–H groups in total. The summed E-state index contributed by atoms with van der Waals surface area (Å²) in [5.74, 6) is 0.822. The van der Waals surface area contributed by atoms with Gasteiger partial charge in [-0.2, -0.15) is 0 Å². The normalized spacial score (nSPS) is 12.3. The van der Waals surface area contributed by atoms with Gasteiger partial charge in [0.05, 0.1) is 40.2 Å². The predicted octanol–water partition coefficient (Wildman–Crippen LogP) is 9.52. The molecule has 0 saturated carbocycles. The van der Waals surface area contributed by atoms with Crippen LogP contribution in [0.15, 0.2) is 134 Å². The van der Waals surface area contributed by atoms with E-state index in [0.29, 0.717) is 0 Å². The quantitative estimate of drug-likeness (QED) is 0.212. The fraction of sp³-hybridized carbons (Fsp3) is 0. The van der Waals surface area contributed by atoms with Crippen molar-refractivity contribution < 1.29 is 0 Å². The van der Waals surface area contributed by atoms with Crippen molar-refractivity contribution in [1.29, 1.82) is 0 Å². The monoisotopic (exact) mass is 534 g/mol. The minimum absolute atomic E-state index is 0.822. The molecule has 3 heterocycles. The molecule has 0 bridgehead atoms. The molecule has 0 amide bonds. The second-order valence-electron chi connectivity index (χ2n) is 11.1. The lowest BCUT2D eigenvalue weighted by Gasteiger charge is -2.10. The van der Waals surface area contributed by atoms with Crippen molar-refractivity contribution in [2.24, 2.45) is 0 Å². The highest BCUT2D eigenvalue weighted by Crippen LogP contribution is 2.40. The maximum absolute atomic E-state index is 4.93. The number of hydrogen-bond donors (Lipinski definition) is 0. The van der Waals surface area contributed by atoms with Crippen LogP contribution in [0, 0.1) is 0 Å². The first-order valence-corrected chi connectivity index (χ1v) is 14.3. The van der Waals surface area contributed by atoms with Crippen LogP contribution in [0.1, 0.15) is 0 Å². The maximum Gasteiger partial charge on any atom is 0.156 e. The molecule has 10 aromatic rings. The Morgan fingerprint density at radius 2 is 0.833 bits per heavy atom. The molecule has 0 atom stereocenters. The topological polar surface area (TPSA) is 35.6 Å². The summed E-state index contributed by atoms with van der Waals surface area (Å²) >= 11 is 0. The van der Waals surface area contributed by atoms with E-state index >= 15 is 0 Å². The van der Waals surface area contributed by atoms with Crippen LogP contribution in [0.2, 0.25) is 0 Å². The van der Waals surface area contributed by atoms with Crippen LogP contribution in [0.3, 0.4) is 0 Å². The minimum atomic E-state index is 0.822. The molecule has 0 unspecified atom stereocenters. The summed E-state index contributed by atoms with van der Waals surface area (Å²) in [6.45, 7) is 0. The Morgan fingerprint density at radius 1 is 0.381 bits per heavy atom. The van der Waals surface area contributed by atoms with Crippen molar-refractivity contribution in [3.63, 3.8) is 0 Å². The van der Waals surface area contributed by atoms with E-state index in [4.69, 9.17) is 9.97 Å². The third-order valence-corrected chi connectivity index (χ3v) is 8.94. The molecule has 0 aliphatic carbocycles. The molecule has 0 aliphatic heterocycles. The van der Waals surface area contributed by atoms with Crippen LogP contribution in [0.4, 0.5) is 0 Å². The Morgan fingerprint density at radius 3 is 1.26 bits per heavy atom. The molecule has 0 spiro atoms. The van der Waals surface area contributed by atoms with Gasteiger partial charge in [-0.1, -0.05) is 84.9 Å². The fourth-order valence-electron chi connectivity index (χ4n) is 7.13. The van der Waals surface area contributed by atoms with E-state index in [0.717, 1.165) is 33.8 Å². The van der Waals surface area contributed by atoms with Crippen LogP contribution in [0.5, 0.6) is 0 Å². The molecule has 7 aromatic carbocycles. The summed E-state index contributed by atoms with van der Waals surface area (Å²) in [6, 6.07) is 43.6. The molecule has 4 nitrogen and oxygen atoms in total. The molecular weight excluding hydrogens is 512 g/mol. The van der Waals surface area contributed by atoms with Gasteiger partial charge in [0.1, 0.15) is 0 Å². The zero-order valence-corrected chi connectivity index (χ0v) is 22.5. The van der Waals surface area contributed by atoms with Gasteiger partial charge in [0.25, 0.3) is 0 Å². The lowest BCUT2D eigenvalue weighted by molar-refractivity contribution is 1.04. The predicted molar refractivity (Wildman–Crippen MR) is 174 cm³/mol. The number of hydrogen-bond acceptors (Lipinski definition) is 2. The number of nitrogens with zero attached hydrogens (tertiary/aromatic N) is 4. The van der Waals surface area contributed by atoms with E-state index < -0.39 is 0 Å². The Hall–Kier alpha value is -5.74. The van der Waals surface area contributed by atoms with Gasteiger partial charge in [-0.15, -0.1) is 0 Å². The molecule has 0 saturated heterocycles. The maximum atomic E-state index is 4.93. The smallest absolute Gasteiger partial charge is 0.156 e. The number of benzene rings is 7. The highest BCUT2D eigenvalue weighted by molar-refractivity contribution is 6.25. The second kappa shape index (κ2) is 7.93. The van der Waals surface area contributed by atoms with Crippen LogP contribution in [-0.4, -0.2) is 19.1 Å². The van der Waals surface area contributed by atoms with Crippen LogP contribution >= 0.6 is 0 Å². The van der Waals surface area contributed by atoms with Gasteiger partial charge in [0.2, 0.25) is 0 Å². The number of rotatable bonds is 3. The summed E-state index contributed by atoms with van der Waals surface area (Å²) in [4.78, 5) is 9.81. The van der Waals surface area contributed by atoms with E-state index in [1.54, 1.807) is 0 Å². The third-order valence-electron chi connectivity index (χ3n) is 8.94. The molecule has 10 rings (SSSR count). The lowest BCUT2D eigenvalue weighted by Crippen LogP contribution is -1.99. The zero-order chi connectivity index (χ0) is 27.4. The first-order valence-electron chi connectivity index (χ1n) is 14.3. The molecule has 4 heteroatoms. The highest BCUT2D eigenvalue weighted by atomic mass is 15.1. The van der Waals surface area contributed by atoms with Crippen molar-refractivity contribution in [3.8, 4) is 22.8 Å². The van der Waals surface area contributed by atoms with Gasteiger partial charge in [-0.25, -0.2) is 4.98 Å². The third kappa shape index (κ3) is 2.80. The summed E-state index contributed by atoms with van der Waals surface area (Å²) in [5, 5.41) is 10.2. The van der Waals surface area contributed by atoms with E-state index in [2.05, 4.69) is 130 Å². The minimum Gasteiger partial charge on any atom is -0.309 e. The molecule has 0 fully saturated rings. The summed E-state index contributed by atoms with van der Waals surface area (Å²) in [5.41, 5.74) is 7.80. The fourth-order valence-corrected chi connectivity index (χ4v) is 7.13. The molecule has 3 aromatic heterocycles. The Balaban J connectivity index is 1.08. The van der Waals surface area contributed by atoms with E-state index in [9.17, 15) is 0 Å². The SMILES string of the molecule is c1cc2ccc3cccc4c3c2c(c1)n4-c1ccc(-c2cnc(-n3c4cccc5ccc6cccc3c6c54)cn2)cc1. The van der Waals surface area contributed by atoms with Crippen LogP contribution < -0.4 is 0 Å². The molecule has 42 heavy (non-hydrogen) atoms. The van der Waals surface area contributed by atoms with Gasteiger partial charge in [-0.05, 0) is 57.9 Å². The number of aromatic nitrogens is 4. The van der Waals surface area contributed by atoms with Gasteiger partial charge < -0.3 is 4.57 Å². The average Bonchev–Trinajstić information content (AvgIpc) is 3.58. The highest BCUT2D eigenvalue weighted by Gasteiger charge is 2.18. The van der Waals surface area contributed by atoms with Crippen molar-refractivity contribution in [3.05, 3.63) is 134 Å². The second-order valence-corrected chi connectivity index (χ2v) is 11.1. The Labute approximate surface area is 240 Å². The van der Waals surface area contributed by atoms with Crippen molar-refractivity contribution in [2.45, 2.75) is 0 Å². The van der Waals surface area contributed by atoms with Crippen molar-refractivity contribution >= 4 is 65.2 Å². The largest absolute Gasteiger partial charge is 0.309 e. The Bertz CT molecular complexity index is 2280. The van der Waals surface area contributed by atoms with Crippen LogP contribution in [-0.2, 0) is 0 Å². The summed E-state index contributed by atoms with van der Waals surface area (Å²) in [6.07, 6.45) is 3.78. The summed E-state index contributed by atoms with van der Waals surface area (Å²) < 4.78 is 4.60. The van der Waals surface area contributed by atoms with Gasteiger partial charge in [0, 0.05) is 32.8 Å². The average molecular weight is 535 g/mol. The summed E-state index contributed by atoms with van der Waals surface area (Å²) in [7, 11) is 0. The van der Waals surface area contributed by atoms with Crippen LogP contribution in [0.25, 0.3) is 87.9 Å². The van der Waals surface area contributed by atoms with Crippen molar-refractivity contribution in [2.75, 3.05) is 0 Å². The van der Waals surface area contributed by atoms with Gasteiger partial charge >= 0.3 is 0 Å². The molecule has 0 aliphatic rings. The van der Waals surface area contributed by atoms with E-state index in [-0.39, 0.29) is 0 Å². The standard InChI is InChI=1S/C38H22N4/c1-5-24-13-14-25-6-2-10-31-36(25)35(24)30(9-1)41(31)28-19-17-23(18-20-28)29-21-40-34(22-39-29)42-32-11-3-7-26-15-16-27-8-4-12-33(42)38(27)37(26)32/h1-22H. The van der Waals surface area contributed by atoms with Gasteiger partial charge in [-0.3, -0.25) is 9.55 Å². The van der Waals surface area contributed by atoms with E-state index in [1.807, 2.05) is 12.4 Å².